The maximum atomic E-state index is 2.57. The van der Waals surface area contributed by atoms with Gasteiger partial charge in [0, 0.05) is 17.8 Å². The lowest BCUT2D eigenvalue weighted by molar-refractivity contribution is 0.722. The maximum Gasteiger partial charge on any atom is 0.00613 e. The minimum absolute atomic E-state index is 0.403. The first-order chi connectivity index (χ1) is 20.8. The predicted molar refractivity (Wildman–Crippen MR) is 181 cm³/mol. The summed E-state index contributed by atoms with van der Waals surface area (Å²) in [4.78, 5) is 0. The Morgan fingerprint density at radius 2 is 1.26 bits per heavy atom. The van der Waals surface area contributed by atoms with Crippen LogP contribution in [-0.4, -0.2) is 0 Å². The summed E-state index contributed by atoms with van der Waals surface area (Å²) in [5, 5.41) is 5.41. The van der Waals surface area contributed by atoms with Crippen LogP contribution in [0.4, 0.5) is 0 Å². The number of benzene rings is 3. The van der Waals surface area contributed by atoms with Crippen molar-refractivity contribution in [3.05, 3.63) is 168 Å². The lowest BCUT2D eigenvalue weighted by Crippen LogP contribution is -2.12. The molecule has 3 atom stereocenters. The van der Waals surface area contributed by atoms with Crippen LogP contribution < -0.4 is 0 Å². The van der Waals surface area contributed by atoms with Crippen molar-refractivity contribution in [2.24, 2.45) is 17.8 Å². The average Bonchev–Trinajstić information content (AvgIpc) is 3.07. The van der Waals surface area contributed by atoms with Gasteiger partial charge in [-0.05, 0) is 92.6 Å². The molecular formula is C42H36. The number of rotatable bonds is 4. The van der Waals surface area contributed by atoms with Crippen LogP contribution in [0.1, 0.15) is 43.2 Å². The summed E-state index contributed by atoms with van der Waals surface area (Å²) in [6.45, 7) is 0. The molecule has 3 aromatic rings. The SMILES string of the molecule is C1=CCC2C=CC(c3c4ccccc4c(C4=CC(C5C=CC=CC5)=CC(C5=CCCC=C5)C4)c4ccccc34)=CC2=C1. The average molecular weight is 541 g/mol. The van der Waals surface area contributed by atoms with E-state index >= 15 is 0 Å². The molecule has 0 amide bonds. The van der Waals surface area contributed by atoms with Crippen molar-refractivity contribution in [1.82, 2.24) is 0 Å². The zero-order valence-electron chi connectivity index (χ0n) is 24.0. The molecular weight excluding hydrogens is 504 g/mol. The van der Waals surface area contributed by atoms with Crippen molar-refractivity contribution >= 4 is 32.7 Å². The fourth-order valence-corrected chi connectivity index (χ4v) is 7.59. The second-order valence-electron chi connectivity index (χ2n) is 12.2. The van der Waals surface area contributed by atoms with E-state index in [0.29, 0.717) is 17.8 Å². The van der Waals surface area contributed by atoms with Gasteiger partial charge in [-0.1, -0.05) is 140 Å². The fraction of sp³-hybridized carbons (Fsp3) is 0.190. The molecule has 0 aliphatic heterocycles. The third kappa shape index (κ3) is 4.47. The van der Waals surface area contributed by atoms with E-state index < -0.39 is 0 Å². The third-order valence-corrected chi connectivity index (χ3v) is 9.65. The van der Waals surface area contributed by atoms with Crippen molar-refractivity contribution in [2.75, 3.05) is 0 Å². The summed E-state index contributed by atoms with van der Waals surface area (Å²) in [7, 11) is 0. The molecule has 5 aliphatic carbocycles. The van der Waals surface area contributed by atoms with Gasteiger partial charge in [0.1, 0.15) is 0 Å². The first-order valence-electron chi connectivity index (χ1n) is 15.7. The Labute approximate surface area is 249 Å². The second kappa shape index (κ2) is 10.8. The standard InChI is InChI=1S/C42H36/c1-3-13-29(14-4-1)34-26-35(30-15-5-2-6-16-30)28-36(27-34)42-39-21-11-9-19-37(39)41(38-20-10-12-22-40(38)42)33-24-23-31-17-7-8-18-32(31)25-33/h1,3-5,7-13,15-16,18-27,29,31,35H,2,6,14,17,28H2. The van der Waals surface area contributed by atoms with E-state index in [-0.39, 0.29) is 0 Å². The molecule has 0 radical (unpaired) electrons. The minimum atomic E-state index is 0.403. The summed E-state index contributed by atoms with van der Waals surface area (Å²) in [6, 6.07) is 18.3. The number of fused-ring (bicyclic) bond motifs is 3. The van der Waals surface area contributed by atoms with Crippen LogP contribution in [0.5, 0.6) is 0 Å². The van der Waals surface area contributed by atoms with E-state index in [2.05, 4.69) is 140 Å². The summed E-state index contributed by atoms with van der Waals surface area (Å²) in [5.74, 6) is 1.33. The Hall–Kier alpha value is -4.42. The predicted octanol–water partition coefficient (Wildman–Crippen LogP) is 11.2. The molecule has 0 bridgehead atoms. The molecule has 0 saturated carbocycles. The van der Waals surface area contributed by atoms with E-state index in [1.54, 1.807) is 0 Å². The smallest absolute Gasteiger partial charge is 0.00613 e. The Morgan fingerprint density at radius 3 is 1.95 bits per heavy atom. The lowest BCUT2D eigenvalue weighted by Gasteiger charge is -2.29. The zero-order chi connectivity index (χ0) is 27.9. The molecule has 42 heavy (non-hydrogen) atoms. The van der Waals surface area contributed by atoms with Crippen LogP contribution in [-0.2, 0) is 0 Å². The highest BCUT2D eigenvalue weighted by atomic mass is 14.3. The summed E-state index contributed by atoms with van der Waals surface area (Å²) in [6.07, 6.45) is 40.9. The molecule has 204 valence electrons. The molecule has 8 rings (SSSR count). The van der Waals surface area contributed by atoms with E-state index in [1.807, 2.05) is 0 Å². The van der Waals surface area contributed by atoms with Gasteiger partial charge in [-0.3, -0.25) is 0 Å². The van der Waals surface area contributed by atoms with Gasteiger partial charge < -0.3 is 0 Å². The highest BCUT2D eigenvalue weighted by molar-refractivity contribution is 6.17. The normalized spacial score (nSPS) is 24.7. The van der Waals surface area contributed by atoms with Crippen molar-refractivity contribution in [3.63, 3.8) is 0 Å². The number of hydrogen-bond donors (Lipinski definition) is 0. The van der Waals surface area contributed by atoms with E-state index in [1.165, 1.54) is 60.5 Å². The van der Waals surface area contributed by atoms with E-state index in [4.69, 9.17) is 0 Å². The number of hydrogen-bond acceptors (Lipinski definition) is 0. The molecule has 0 spiro atoms. The van der Waals surface area contributed by atoms with Gasteiger partial charge in [-0.25, -0.2) is 0 Å². The third-order valence-electron chi connectivity index (χ3n) is 9.65. The first-order valence-corrected chi connectivity index (χ1v) is 15.7. The van der Waals surface area contributed by atoms with Gasteiger partial charge in [0.2, 0.25) is 0 Å². The van der Waals surface area contributed by atoms with Crippen molar-refractivity contribution in [3.8, 4) is 0 Å². The van der Waals surface area contributed by atoms with Crippen LogP contribution in [0.2, 0.25) is 0 Å². The van der Waals surface area contributed by atoms with Crippen LogP contribution in [0, 0.1) is 17.8 Å². The van der Waals surface area contributed by atoms with Gasteiger partial charge in [-0.2, -0.15) is 0 Å². The molecule has 0 saturated heterocycles. The lowest BCUT2D eigenvalue weighted by atomic mass is 9.75. The van der Waals surface area contributed by atoms with Crippen molar-refractivity contribution in [2.45, 2.75) is 32.1 Å². The molecule has 0 nitrogen and oxygen atoms in total. The molecule has 3 aromatic carbocycles. The largest absolute Gasteiger partial charge is 0.0839 e. The Morgan fingerprint density at radius 1 is 0.548 bits per heavy atom. The second-order valence-corrected chi connectivity index (χ2v) is 12.2. The highest BCUT2D eigenvalue weighted by Gasteiger charge is 2.26. The summed E-state index contributed by atoms with van der Waals surface area (Å²) in [5.41, 5.74) is 9.91. The Bertz CT molecular complexity index is 1840. The topological polar surface area (TPSA) is 0 Å². The van der Waals surface area contributed by atoms with E-state index in [9.17, 15) is 0 Å². The van der Waals surface area contributed by atoms with Gasteiger partial charge in [0.25, 0.3) is 0 Å². The molecule has 0 aromatic heterocycles. The van der Waals surface area contributed by atoms with Gasteiger partial charge >= 0.3 is 0 Å². The van der Waals surface area contributed by atoms with Crippen LogP contribution >= 0.6 is 0 Å². The van der Waals surface area contributed by atoms with Crippen LogP contribution in [0.25, 0.3) is 32.7 Å². The molecule has 5 aliphatic rings. The quantitative estimate of drug-likeness (QED) is 0.289. The van der Waals surface area contributed by atoms with Gasteiger partial charge in [-0.15, -0.1) is 0 Å². The zero-order valence-corrected chi connectivity index (χ0v) is 24.0. The molecule has 0 heterocycles. The monoisotopic (exact) mass is 540 g/mol. The van der Waals surface area contributed by atoms with Crippen molar-refractivity contribution in [1.29, 1.82) is 0 Å². The summed E-state index contributed by atoms with van der Waals surface area (Å²) >= 11 is 0. The van der Waals surface area contributed by atoms with Gasteiger partial charge in [0.15, 0.2) is 0 Å². The van der Waals surface area contributed by atoms with Crippen LogP contribution in [0.15, 0.2) is 156 Å². The molecule has 0 fully saturated rings. The maximum absolute atomic E-state index is 2.57. The minimum Gasteiger partial charge on any atom is -0.0839 e. The molecule has 3 unspecified atom stereocenters. The Kier molecular flexibility index (Phi) is 6.49. The fourth-order valence-electron chi connectivity index (χ4n) is 7.59. The number of allylic oxidation sites excluding steroid dienone is 20. The van der Waals surface area contributed by atoms with Crippen molar-refractivity contribution < 1.29 is 0 Å². The summed E-state index contributed by atoms with van der Waals surface area (Å²) < 4.78 is 0. The Balaban J connectivity index is 1.35. The molecule has 0 heteroatoms. The van der Waals surface area contributed by atoms with E-state index in [0.717, 1.165) is 32.1 Å². The highest BCUT2D eigenvalue weighted by Crippen LogP contribution is 2.46. The first kappa shape index (κ1) is 25.3. The molecule has 0 N–H and O–H groups in total. The van der Waals surface area contributed by atoms with Gasteiger partial charge in [0.05, 0.1) is 0 Å². The van der Waals surface area contributed by atoms with Crippen LogP contribution in [0.3, 0.4) is 0 Å².